The Morgan fingerprint density at radius 1 is 1.21 bits per heavy atom. The molecule has 1 fully saturated rings. The van der Waals surface area contributed by atoms with Crippen LogP contribution in [-0.2, 0) is 16.1 Å². The second kappa shape index (κ2) is 7.93. The van der Waals surface area contributed by atoms with E-state index in [1.54, 1.807) is 10.9 Å². The van der Waals surface area contributed by atoms with Gasteiger partial charge in [-0.2, -0.15) is 5.10 Å². The summed E-state index contributed by atoms with van der Waals surface area (Å²) >= 11 is 0. The van der Waals surface area contributed by atoms with Crippen LogP contribution in [0.1, 0.15) is 24.1 Å². The first-order valence-electron chi connectivity index (χ1n) is 9.47. The average molecular weight is 380 g/mol. The van der Waals surface area contributed by atoms with E-state index in [-0.39, 0.29) is 18.5 Å². The molecular formula is C20H24N6O2. The molecule has 1 amide bonds. The molecule has 1 saturated heterocycles. The molecule has 1 aromatic carbocycles. The minimum Gasteiger partial charge on any atom is -0.378 e. The summed E-state index contributed by atoms with van der Waals surface area (Å²) < 4.78 is 7.04. The van der Waals surface area contributed by atoms with Gasteiger partial charge in [-0.15, -0.1) is 0 Å². The predicted octanol–water partition coefficient (Wildman–Crippen LogP) is 1.85. The molecule has 8 heteroatoms. The van der Waals surface area contributed by atoms with Gasteiger partial charge in [0.15, 0.2) is 5.65 Å². The van der Waals surface area contributed by atoms with Crippen molar-refractivity contribution < 1.29 is 9.53 Å². The standard InChI is InChI=1S/C20H24N6O2/c1-14-3-5-16(6-4-14)15(2)24-18(27)12-26-20-17(11-23-26)19(21-13-22-20)25-7-9-28-10-8-25/h3-6,11,13,15H,7-10,12H2,1-2H3,(H,24,27)/t15-/m0/s1. The monoisotopic (exact) mass is 380 g/mol. The molecule has 2 aromatic heterocycles. The number of carbonyl (C=O) groups excluding carboxylic acids is 1. The lowest BCUT2D eigenvalue weighted by Crippen LogP contribution is -2.36. The fourth-order valence-electron chi connectivity index (χ4n) is 3.39. The van der Waals surface area contributed by atoms with E-state index in [4.69, 9.17) is 4.74 Å². The summed E-state index contributed by atoms with van der Waals surface area (Å²) in [6.45, 7) is 7.06. The van der Waals surface area contributed by atoms with Gasteiger partial charge in [0.25, 0.3) is 0 Å². The molecule has 1 N–H and O–H groups in total. The molecule has 1 aliphatic rings. The van der Waals surface area contributed by atoms with E-state index in [2.05, 4.69) is 25.3 Å². The summed E-state index contributed by atoms with van der Waals surface area (Å²) in [5, 5.41) is 8.26. The minimum absolute atomic E-state index is 0.0755. The number of nitrogens with zero attached hydrogens (tertiary/aromatic N) is 5. The Kier molecular flexibility index (Phi) is 5.21. The number of morpholine rings is 1. The van der Waals surface area contributed by atoms with Crippen molar-refractivity contribution in [3.8, 4) is 0 Å². The fraction of sp³-hybridized carbons (Fsp3) is 0.400. The fourth-order valence-corrected chi connectivity index (χ4v) is 3.39. The molecular weight excluding hydrogens is 356 g/mol. The Hall–Kier alpha value is -3.00. The molecule has 1 aliphatic heterocycles. The lowest BCUT2D eigenvalue weighted by atomic mass is 10.1. The van der Waals surface area contributed by atoms with E-state index in [9.17, 15) is 4.79 Å². The maximum atomic E-state index is 12.5. The highest BCUT2D eigenvalue weighted by Crippen LogP contribution is 2.23. The van der Waals surface area contributed by atoms with Gasteiger partial charge in [-0.3, -0.25) is 4.79 Å². The van der Waals surface area contributed by atoms with Gasteiger partial charge in [0.1, 0.15) is 18.7 Å². The number of carbonyl (C=O) groups is 1. The van der Waals surface area contributed by atoms with Crippen LogP contribution in [0.3, 0.4) is 0 Å². The van der Waals surface area contributed by atoms with Crippen molar-refractivity contribution in [2.24, 2.45) is 0 Å². The number of benzene rings is 1. The van der Waals surface area contributed by atoms with E-state index in [1.165, 1.54) is 11.9 Å². The smallest absolute Gasteiger partial charge is 0.242 e. The average Bonchev–Trinajstić information content (AvgIpc) is 3.12. The zero-order valence-electron chi connectivity index (χ0n) is 16.1. The van der Waals surface area contributed by atoms with Gasteiger partial charge >= 0.3 is 0 Å². The highest BCUT2D eigenvalue weighted by atomic mass is 16.5. The molecule has 4 rings (SSSR count). The number of fused-ring (bicyclic) bond motifs is 1. The summed E-state index contributed by atoms with van der Waals surface area (Å²) in [6.07, 6.45) is 3.26. The van der Waals surface area contributed by atoms with Crippen LogP contribution in [0.5, 0.6) is 0 Å². The Morgan fingerprint density at radius 3 is 2.71 bits per heavy atom. The van der Waals surface area contributed by atoms with Crippen LogP contribution in [-0.4, -0.2) is 52.0 Å². The van der Waals surface area contributed by atoms with Gasteiger partial charge in [-0.25, -0.2) is 14.6 Å². The molecule has 3 heterocycles. The Labute approximate surface area is 163 Å². The summed E-state index contributed by atoms with van der Waals surface area (Å²) in [4.78, 5) is 23.5. The van der Waals surface area contributed by atoms with Gasteiger partial charge in [-0.05, 0) is 19.4 Å². The van der Waals surface area contributed by atoms with Crippen LogP contribution < -0.4 is 10.2 Å². The third-order valence-corrected chi connectivity index (χ3v) is 4.97. The number of aromatic nitrogens is 4. The first-order valence-corrected chi connectivity index (χ1v) is 9.47. The molecule has 0 radical (unpaired) electrons. The second-order valence-electron chi connectivity index (χ2n) is 7.04. The number of hydrogen-bond donors (Lipinski definition) is 1. The first kappa shape index (κ1) is 18.4. The summed E-state index contributed by atoms with van der Waals surface area (Å²) in [5.74, 6) is 0.734. The Morgan fingerprint density at radius 2 is 1.96 bits per heavy atom. The molecule has 3 aromatic rings. The van der Waals surface area contributed by atoms with Crippen molar-refractivity contribution in [2.75, 3.05) is 31.2 Å². The lowest BCUT2D eigenvalue weighted by Gasteiger charge is -2.27. The van der Waals surface area contributed by atoms with E-state index < -0.39 is 0 Å². The van der Waals surface area contributed by atoms with Crippen LogP contribution in [0, 0.1) is 6.92 Å². The SMILES string of the molecule is Cc1ccc([C@H](C)NC(=O)Cn2ncc3c(N4CCOCC4)ncnc32)cc1. The van der Waals surface area contributed by atoms with Crippen LogP contribution >= 0.6 is 0 Å². The topological polar surface area (TPSA) is 85.2 Å². The number of ether oxygens (including phenoxy) is 1. The minimum atomic E-state index is -0.107. The number of hydrogen-bond acceptors (Lipinski definition) is 6. The molecule has 8 nitrogen and oxygen atoms in total. The largest absolute Gasteiger partial charge is 0.378 e. The van der Waals surface area contributed by atoms with Gasteiger partial charge in [0.2, 0.25) is 5.91 Å². The number of nitrogens with one attached hydrogen (secondary N) is 1. The predicted molar refractivity (Wildman–Crippen MR) is 106 cm³/mol. The molecule has 0 bridgehead atoms. The summed E-state index contributed by atoms with van der Waals surface area (Å²) in [6, 6.07) is 8.08. The highest BCUT2D eigenvalue weighted by molar-refractivity contribution is 5.88. The van der Waals surface area contributed by atoms with Crippen LogP contribution in [0.25, 0.3) is 11.0 Å². The quantitative estimate of drug-likeness (QED) is 0.727. The molecule has 1 atom stereocenters. The van der Waals surface area contributed by atoms with Crippen LogP contribution in [0.15, 0.2) is 36.8 Å². The molecule has 0 saturated carbocycles. The Balaban J connectivity index is 1.48. The van der Waals surface area contributed by atoms with Gasteiger partial charge in [0, 0.05) is 13.1 Å². The maximum absolute atomic E-state index is 12.5. The van der Waals surface area contributed by atoms with E-state index in [0.29, 0.717) is 18.9 Å². The molecule has 28 heavy (non-hydrogen) atoms. The van der Waals surface area contributed by atoms with Gasteiger partial charge in [-0.1, -0.05) is 29.8 Å². The van der Waals surface area contributed by atoms with Crippen molar-refractivity contribution in [1.29, 1.82) is 0 Å². The van der Waals surface area contributed by atoms with Crippen molar-refractivity contribution in [3.63, 3.8) is 0 Å². The second-order valence-corrected chi connectivity index (χ2v) is 7.04. The molecule has 0 aliphatic carbocycles. The highest BCUT2D eigenvalue weighted by Gasteiger charge is 2.19. The maximum Gasteiger partial charge on any atom is 0.242 e. The van der Waals surface area contributed by atoms with Crippen molar-refractivity contribution in [2.45, 2.75) is 26.4 Å². The number of aryl methyl sites for hydroxylation is 1. The van der Waals surface area contributed by atoms with Crippen LogP contribution in [0.4, 0.5) is 5.82 Å². The third kappa shape index (κ3) is 3.82. The molecule has 146 valence electrons. The third-order valence-electron chi connectivity index (χ3n) is 4.97. The molecule has 0 spiro atoms. The van der Waals surface area contributed by atoms with Crippen LogP contribution in [0.2, 0.25) is 0 Å². The van der Waals surface area contributed by atoms with E-state index in [0.717, 1.165) is 29.9 Å². The normalized spacial score (nSPS) is 15.6. The van der Waals surface area contributed by atoms with Gasteiger partial charge in [0.05, 0.1) is 30.8 Å². The first-order chi connectivity index (χ1) is 13.6. The zero-order chi connectivity index (χ0) is 19.5. The van der Waals surface area contributed by atoms with Gasteiger partial charge < -0.3 is 15.0 Å². The van der Waals surface area contributed by atoms with Crippen molar-refractivity contribution in [1.82, 2.24) is 25.1 Å². The summed E-state index contributed by atoms with van der Waals surface area (Å²) in [5.41, 5.74) is 2.93. The number of amides is 1. The summed E-state index contributed by atoms with van der Waals surface area (Å²) in [7, 11) is 0. The lowest BCUT2D eigenvalue weighted by molar-refractivity contribution is -0.122. The van der Waals surface area contributed by atoms with Crippen molar-refractivity contribution >= 4 is 22.8 Å². The van der Waals surface area contributed by atoms with Crippen molar-refractivity contribution in [3.05, 3.63) is 47.9 Å². The number of anilines is 1. The van der Waals surface area contributed by atoms with E-state index >= 15 is 0 Å². The molecule has 0 unspecified atom stereocenters. The zero-order valence-corrected chi connectivity index (χ0v) is 16.1. The Bertz CT molecular complexity index is 962. The van der Waals surface area contributed by atoms with E-state index in [1.807, 2.05) is 38.1 Å². The number of rotatable bonds is 5.